The number of fused-ring (bicyclic) bond motifs is 6. The fourth-order valence-electron chi connectivity index (χ4n) is 7.72. The summed E-state index contributed by atoms with van der Waals surface area (Å²) in [6.45, 7) is 0. The number of hydrogen-bond donors (Lipinski definition) is 0. The highest BCUT2D eigenvalue weighted by Gasteiger charge is 2.20. The van der Waals surface area contributed by atoms with Gasteiger partial charge in [-0.2, -0.15) is 0 Å². The molecule has 0 amide bonds. The van der Waals surface area contributed by atoms with E-state index in [1.807, 2.05) is 60.7 Å². The van der Waals surface area contributed by atoms with Gasteiger partial charge in [0.25, 0.3) is 0 Å². The predicted octanol–water partition coefficient (Wildman–Crippen LogP) is 13.2. The van der Waals surface area contributed by atoms with Gasteiger partial charge >= 0.3 is 0 Å². The van der Waals surface area contributed by atoms with Crippen molar-refractivity contribution in [1.29, 1.82) is 0 Å². The van der Waals surface area contributed by atoms with Gasteiger partial charge in [0.05, 0.1) is 17.9 Å². The number of aromatic nitrogens is 4. The molecule has 8 aromatic carbocycles. The summed E-state index contributed by atoms with van der Waals surface area (Å²) in [4.78, 5) is 15.1. The summed E-state index contributed by atoms with van der Waals surface area (Å²) in [5, 5.41) is 4.13. The third-order valence-electron chi connectivity index (χ3n) is 10.4. The van der Waals surface area contributed by atoms with Crippen molar-refractivity contribution in [1.82, 2.24) is 19.5 Å². The van der Waals surface area contributed by atoms with Crippen LogP contribution in [0.2, 0.25) is 0 Å². The fourth-order valence-corrected chi connectivity index (χ4v) is 7.72. The van der Waals surface area contributed by atoms with Crippen LogP contribution in [-0.2, 0) is 0 Å². The quantitative estimate of drug-likeness (QED) is 0.172. The molecule has 5 nitrogen and oxygen atoms in total. The van der Waals surface area contributed by atoms with Crippen molar-refractivity contribution in [3.63, 3.8) is 0 Å². The molecular formula is C51H32N4O. The SMILES string of the molecule is [2H]c1c([2H])c([2H])c(-c2ccc(-c3nc(-c4ccccc4)nc(-c4cccc5oc6ccc(-n7c8ccccc8c8ccc(-c9ccccc9)cc87)cc6c45)n3)cc2)c([2H])c1[2H]. The van der Waals surface area contributed by atoms with Crippen molar-refractivity contribution in [2.24, 2.45) is 0 Å². The van der Waals surface area contributed by atoms with Crippen LogP contribution in [0.1, 0.15) is 6.85 Å². The molecule has 11 rings (SSSR count). The Balaban J connectivity index is 1.09. The molecule has 0 aliphatic rings. The van der Waals surface area contributed by atoms with E-state index in [2.05, 4.69) is 83.4 Å². The maximum Gasteiger partial charge on any atom is 0.164 e. The third-order valence-corrected chi connectivity index (χ3v) is 10.4. The van der Waals surface area contributed by atoms with Crippen LogP contribution in [0.5, 0.6) is 0 Å². The molecule has 0 bridgehead atoms. The Morgan fingerprint density at radius 3 is 1.82 bits per heavy atom. The normalized spacial score (nSPS) is 12.8. The number of benzene rings is 8. The highest BCUT2D eigenvalue weighted by atomic mass is 16.3. The van der Waals surface area contributed by atoms with Crippen LogP contribution in [0.3, 0.4) is 0 Å². The molecule has 3 aromatic heterocycles. The average Bonchev–Trinajstić information content (AvgIpc) is 3.86. The molecule has 0 unspecified atom stereocenters. The molecule has 3 heterocycles. The lowest BCUT2D eigenvalue weighted by molar-refractivity contribution is 0.669. The Labute approximate surface area is 329 Å². The molecule has 0 fully saturated rings. The summed E-state index contributed by atoms with van der Waals surface area (Å²) in [6.07, 6.45) is 0. The highest BCUT2D eigenvalue weighted by Crippen LogP contribution is 2.40. The smallest absolute Gasteiger partial charge is 0.164 e. The number of furan rings is 1. The van der Waals surface area contributed by atoms with Gasteiger partial charge in [0.15, 0.2) is 17.5 Å². The maximum atomic E-state index is 8.50. The van der Waals surface area contributed by atoms with Crippen molar-refractivity contribution < 1.29 is 11.3 Å². The first-order chi connectivity index (χ1) is 29.8. The monoisotopic (exact) mass is 721 g/mol. The molecule has 0 atom stereocenters. The van der Waals surface area contributed by atoms with Crippen LogP contribution >= 0.6 is 0 Å². The molecular weight excluding hydrogens is 685 g/mol. The average molecular weight is 722 g/mol. The minimum Gasteiger partial charge on any atom is -0.456 e. The van der Waals surface area contributed by atoms with Gasteiger partial charge in [0, 0.05) is 43.9 Å². The number of nitrogens with zero attached hydrogens (tertiary/aromatic N) is 4. The maximum absolute atomic E-state index is 8.50. The molecule has 0 N–H and O–H groups in total. The Morgan fingerprint density at radius 2 is 1.04 bits per heavy atom. The predicted molar refractivity (Wildman–Crippen MR) is 229 cm³/mol. The highest BCUT2D eigenvalue weighted by molar-refractivity contribution is 6.14. The Bertz CT molecular complexity index is 3500. The van der Waals surface area contributed by atoms with Crippen molar-refractivity contribution in [2.75, 3.05) is 0 Å². The third kappa shape index (κ3) is 5.37. The summed E-state index contributed by atoms with van der Waals surface area (Å²) >= 11 is 0. The van der Waals surface area contributed by atoms with E-state index < -0.39 is 6.04 Å². The summed E-state index contributed by atoms with van der Waals surface area (Å²) < 4.78 is 50.2. The zero-order valence-corrected chi connectivity index (χ0v) is 29.8. The molecule has 0 saturated carbocycles. The van der Waals surface area contributed by atoms with E-state index in [0.29, 0.717) is 34.2 Å². The molecule has 0 saturated heterocycles. The number of hydrogen-bond acceptors (Lipinski definition) is 4. The number of rotatable bonds is 6. The molecule has 11 aromatic rings. The summed E-state index contributed by atoms with van der Waals surface area (Å²) in [6, 6.07) is 52.9. The first kappa shape index (κ1) is 27.0. The van der Waals surface area contributed by atoms with E-state index in [4.69, 9.17) is 26.2 Å². The van der Waals surface area contributed by atoms with Crippen LogP contribution in [0, 0.1) is 0 Å². The Morgan fingerprint density at radius 1 is 0.411 bits per heavy atom. The van der Waals surface area contributed by atoms with Gasteiger partial charge in [0.2, 0.25) is 0 Å². The van der Waals surface area contributed by atoms with Gasteiger partial charge in [-0.15, -0.1) is 0 Å². The molecule has 0 radical (unpaired) electrons. The molecule has 0 aliphatic carbocycles. The van der Waals surface area contributed by atoms with Gasteiger partial charge in [-0.1, -0.05) is 158 Å². The standard InChI is InChI=1S/C51H32N4O/c1-4-13-33(14-5-1)35-23-25-37(26-24-35)50-52-49(36-17-8-3-9-18-36)53-51(54-50)42-20-12-22-47-48(42)43-32-39(28-30-46(43)56-47)55-44-21-11-10-19-40(44)41-29-27-38(31-45(41)55)34-15-6-2-7-16-34/h1-32H/i1D,4D,5D,13D,14D. The summed E-state index contributed by atoms with van der Waals surface area (Å²) in [5.74, 6) is 1.36. The fraction of sp³-hybridized carbons (Fsp3) is 0. The minimum absolute atomic E-state index is 0.134. The van der Waals surface area contributed by atoms with E-state index in [-0.39, 0.29) is 29.7 Å². The Kier molecular flexibility index (Phi) is 6.29. The second kappa shape index (κ2) is 13.0. The second-order valence-electron chi connectivity index (χ2n) is 13.7. The van der Waals surface area contributed by atoms with Crippen molar-refractivity contribution in [3.05, 3.63) is 194 Å². The first-order valence-electron chi connectivity index (χ1n) is 20.9. The molecule has 0 aliphatic heterocycles. The van der Waals surface area contributed by atoms with Gasteiger partial charge in [-0.25, -0.2) is 15.0 Å². The van der Waals surface area contributed by atoms with E-state index in [1.165, 1.54) is 10.8 Å². The molecule has 262 valence electrons. The van der Waals surface area contributed by atoms with E-state index in [1.54, 1.807) is 24.3 Å². The van der Waals surface area contributed by atoms with E-state index in [9.17, 15) is 0 Å². The van der Waals surface area contributed by atoms with Crippen LogP contribution in [-0.4, -0.2) is 19.5 Å². The van der Waals surface area contributed by atoms with Crippen LogP contribution < -0.4 is 0 Å². The summed E-state index contributed by atoms with van der Waals surface area (Å²) in [5.41, 5.74) is 9.79. The molecule has 5 heteroatoms. The van der Waals surface area contributed by atoms with Gasteiger partial charge < -0.3 is 8.98 Å². The van der Waals surface area contributed by atoms with Crippen LogP contribution in [0.4, 0.5) is 0 Å². The lowest BCUT2D eigenvalue weighted by atomic mass is 10.0. The zero-order chi connectivity index (χ0) is 41.4. The van der Waals surface area contributed by atoms with Crippen molar-refractivity contribution in [2.45, 2.75) is 0 Å². The lowest BCUT2D eigenvalue weighted by Gasteiger charge is -2.11. The van der Waals surface area contributed by atoms with E-state index >= 15 is 0 Å². The second-order valence-corrected chi connectivity index (χ2v) is 13.7. The van der Waals surface area contributed by atoms with E-state index in [0.717, 1.165) is 55.3 Å². The van der Waals surface area contributed by atoms with Gasteiger partial charge in [-0.3, -0.25) is 0 Å². The van der Waals surface area contributed by atoms with Crippen molar-refractivity contribution in [3.8, 4) is 62.1 Å². The van der Waals surface area contributed by atoms with Crippen molar-refractivity contribution >= 4 is 43.7 Å². The minimum atomic E-state index is -0.428. The zero-order valence-electron chi connectivity index (χ0n) is 34.8. The van der Waals surface area contributed by atoms with Gasteiger partial charge in [0.1, 0.15) is 11.2 Å². The van der Waals surface area contributed by atoms with Gasteiger partial charge in [-0.05, 0) is 58.7 Å². The lowest BCUT2D eigenvalue weighted by Crippen LogP contribution is -2.00. The molecule has 0 spiro atoms. The number of para-hydroxylation sites is 1. The topological polar surface area (TPSA) is 56.7 Å². The van der Waals surface area contributed by atoms with Crippen LogP contribution in [0.15, 0.2) is 198 Å². The first-order valence-corrected chi connectivity index (χ1v) is 18.4. The summed E-state index contributed by atoms with van der Waals surface area (Å²) in [7, 11) is 0. The van der Waals surface area contributed by atoms with Crippen LogP contribution in [0.25, 0.3) is 106 Å². The molecule has 56 heavy (non-hydrogen) atoms. The Hall–Kier alpha value is -7.63. The largest absolute Gasteiger partial charge is 0.456 e.